The summed E-state index contributed by atoms with van der Waals surface area (Å²) in [7, 11) is 0. The van der Waals surface area contributed by atoms with Crippen LogP contribution in [-0.2, 0) is 0 Å². The third-order valence-electron chi connectivity index (χ3n) is 2.09. The molecule has 1 heterocycles. The first kappa shape index (κ1) is 10.1. The Labute approximate surface area is 85.5 Å². The van der Waals surface area contributed by atoms with Gasteiger partial charge in [-0.25, -0.2) is 9.37 Å². The van der Waals surface area contributed by atoms with E-state index in [0.717, 1.165) is 0 Å². The van der Waals surface area contributed by atoms with E-state index in [0.29, 0.717) is 24.1 Å². The lowest BCUT2D eigenvalue weighted by Gasteiger charge is -2.01. The standard InChI is InChI=1S/C10H11FN2O2/c11-6-1-2-7-9(5-6)15-10(13-7)8(14)3-4-12/h1-2,5,8,14H,3-4,12H2. The summed E-state index contributed by atoms with van der Waals surface area (Å²) in [6, 6.07) is 4.04. The molecular weight excluding hydrogens is 199 g/mol. The molecule has 1 unspecified atom stereocenters. The Bertz CT molecular complexity index is 469. The monoisotopic (exact) mass is 210 g/mol. The Morgan fingerprint density at radius 1 is 1.53 bits per heavy atom. The first-order valence-electron chi connectivity index (χ1n) is 4.65. The van der Waals surface area contributed by atoms with E-state index in [2.05, 4.69) is 4.98 Å². The van der Waals surface area contributed by atoms with E-state index < -0.39 is 11.9 Å². The summed E-state index contributed by atoms with van der Waals surface area (Å²) >= 11 is 0. The maximum absolute atomic E-state index is 12.8. The number of fused-ring (bicyclic) bond motifs is 1. The second kappa shape index (κ2) is 3.96. The SMILES string of the molecule is NCCC(O)c1nc2ccc(F)cc2o1. The molecule has 0 aliphatic carbocycles. The highest BCUT2D eigenvalue weighted by Crippen LogP contribution is 2.22. The van der Waals surface area contributed by atoms with E-state index in [1.807, 2.05) is 0 Å². The van der Waals surface area contributed by atoms with Crippen LogP contribution in [0.1, 0.15) is 18.4 Å². The third kappa shape index (κ3) is 1.98. The van der Waals surface area contributed by atoms with Gasteiger partial charge >= 0.3 is 0 Å². The third-order valence-corrected chi connectivity index (χ3v) is 2.09. The molecule has 0 aliphatic rings. The molecule has 0 amide bonds. The molecule has 1 atom stereocenters. The van der Waals surface area contributed by atoms with Gasteiger partial charge in [-0.05, 0) is 25.1 Å². The number of aliphatic hydroxyl groups excluding tert-OH is 1. The lowest BCUT2D eigenvalue weighted by molar-refractivity contribution is 0.139. The zero-order valence-corrected chi connectivity index (χ0v) is 7.98. The summed E-state index contributed by atoms with van der Waals surface area (Å²) in [5.74, 6) is -0.209. The van der Waals surface area contributed by atoms with Gasteiger partial charge in [-0.15, -0.1) is 0 Å². The van der Waals surface area contributed by atoms with Crippen molar-refractivity contribution in [2.45, 2.75) is 12.5 Å². The van der Waals surface area contributed by atoms with Gasteiger partial charge in [-0.3, -0.25) is 0 Å². The van der Waals surface area contributed by atoms with Crippen molar-refractivity contribution in [3.05, 3.63) is 29.9 Å². The minimum atomic E-state index is -0.828. The van der Waals surface area contributed by atoms with Gasteiger partial charge in [-0.1, -0.05) is 0 Å². The topological polar surface area (TPSA) is 72.3 Å². The smallest absolute Gasteiger partial charge is 0.224 e. The molecule has 0 aliphatic heterocycles. The second-order valence-corrected chi connectivity index (χ2v) is 3.26. The molecule has 0 fully saturated rings. The van der Waals surface area contributed by atoms with Crippen LogP contribution in [0.3, 0.4) is 0 Å². The van der Waals surface area contributed by atoms with Crippen LogP contribution < -0.4 is 5.73 Å². The Morgan fingerprint density at radius 2 is 2.33 bits per heavy atom. The number of hydrogen-bond acceptors (Lipinski definition) is 4. The summed E-state index contributed by atoms with van der Waals surface area (Å²) in [4.78, 5) is 4.03. The molecular formula is C10H11FN2O2. The van der Waals surface area contributed by atoms with Crippen LogP contribution in [0.4, 0.5) is 4.39 Å². The first-order valence-corrected chi connectivity index (χ1v) is 4.65. The van der Waals surface area contributed by atoms with Crippen molar-refractivity contribution in [1.82, 2.24) is 4.98 Å². The van der Waals surface area contributed by atoms with Crippen molar-refractivity contribution in [3.8, 4) is 0 Å². The fourth-order valence-electron chi connectivity index (χ4n) is 1.34. The molecule has 1 aromatic heterocycles. The number of rotatable bonds is 3. The van der Waals surface area contributed by atoms with Crippen LogP contribution in [0, 0.1) is 5.82 Å². The predicted molar refractivity (Wildman–Crippen MR) is 52.6 cm³/mol. The predicted octanol–water partition coefficient (Wildman–Crippen LogP) is 1.35. The summed E-state index contributed by atoms with van der Waals surface area (Å²) in [6.45, 7) is 0.342. The molecule has 80 valence electrons. The molecule has 0 spiro atoms. The number of aromatic nitrogens is 1. The second-order valence-electron chi connectivity index (χ2n) is 3.26. The Kier molecular flexibility index (Phi) is 2.66. The number of oxazole rings is 1. The highest BCUT2D eigenvalue weighted by molar-refractivity contribution is 5.72. The fraction of sp³-hybridized carbons (Fsp3) is 0.300. The summed E-state index contributed by atoms with van der Waals surface area (Å²) < 4.78 is 18.0. The number of halogens is 1. The molecule has 3 N–H and O–H groups in total. The fourth-order valence-corrected chi connectivity index (χ4v) is 1.34. The molecule has 2 aromatic rings. The molecule has 0 saturated carbocycles. The number of nitrogens with two attached hydrogens (primary N) is 1. The molecule has 0 bridgehead atoms. The van der Waals surface area contributed by atoms with Gasteiger partial charge in [-0.2, -0.15) is 0 Å². The van der Waals surface area contributed by atoms with Gasteiger partial charge in [0.2, 0.25) is 5.89 Å². The zero-order chi connectivity index (χ0) is 10.8. The largest absolute Gasteiger partial charge is 0.438 e. The average molecular weight is 210 g/mol. The van der Waals surface area contributed by atoms with Gasteiger partial charge in [0.25, 0.3) is 0 Å². The number of hydrogen-bond donors (Lipinski definition) is 2. The van der Waals surface area contributed by atoms with E-state index in [-0.39, 0.29) is 5.89 Å². The van der Waals surface area contributed by atoms with Gasteiger partial charge in [0, 0.05) is 6.07 Å². The summed E-state index contributed by atoms with van der Waals surface area (Å²) in [5, 5.41) is 9.56. The molecule has 15 heavy (non-hydrogen) atoms. The van der Waals surface area contributed by atoms with Crippen LogP contribution in [0.2, 0.25) is 0 Å². The maximum Gasteiger partial charge on any atom is 0.224 e. The van der Waals surface area contributed by atoms with Crippen molar-refractivity contribution in [2.75, 3.05) is 6.54 Å². The van der Waals surface area contributed by atoms with E-state index in [1.54, 1.807) is 0 Å². The van der Waals surface area contributed by atoms with E-state index in [1.165, 1.54) is 18.2 Å². The van der Waals surface area contributed by atoms with E-state index in [4.69, 9.17) is 10.2 Å². The minimum absolute atomic E-state index is 0.182. The Morgan fingerprint density at radius 3 is 3.07 bits per heavy atom. The van der Waals surface area contributed by atoms with Crippen LogP contribution in [0.5, 0.6) is 0 Å². The average Bonchev–Trinajstić information content (AvgIpc) is 2.60. The molecule has 4 nitrogen and oxygen atoms in total. The number of benzene rings is 1. The van der Waals surface area contributed by atoms with Crippen LogP contribution in [0.25, 0.3) is 11.1 Å². The molecule has 5 heteroatoms. The van der Waals surface area contributed by atoms with Crippen LogP contribution in [0.15, 0.2) is 22.6 Å². The summed E-state index contributed by atoms with van der Waals surface area (Å²) in [5.41, 5.74) is 6.16. The van der Waals surface area contributed by atoms with Crippen molar-refractivity contribution >= 4 is 11.1 Å². The lowest BCUT2D eigenvalue weighted by Crippen LogP contribution is -2.06. The normalized spacial score (nSPS) is 13.3. The van der Waals surface area contributed by atoms with Crippen molar-refractivity contribution < 1.29 is 13.9 Å². The highest BCUT2D eigenvalue weighted by atomic mass is 19.1. The zero-order valence-electron chi connectivity index (χ0n) is 7.98. The van der Waals surface area contributed by atoms with Gasteiger partial charge in [0.1, 0.15) is 17.4 Å². The summed E-state index contributed by atoms with van der Waals surface area (Å²) in [6.07, 6.45) is -0.458. The van der Waals surface area contributed by atoms with Crippen LogP contribution >= 0.6 is 0 Å². The minimum Gasteiger partial charge on any atom is -0.438 e. The van der Waals surface area contributed by atoms with Crippen molar-refractivity contribution in [1.29, 1.82) is 0 Å². The van der Waals surface area contributed by atoms with Gasteiger partial charge < -0.3 is 15.3 Å². The quantitative estimate of drug-likeness (QED) is 0.802. The number of aliphatic hydroxyl groups is 1. The highest BCUT2D eigenvalue weighted by Gasteiger charge is 2.14. The van der Waals surface area contributed by atoms with Crippen molar-refractivity contribution in [3.63, 3.8) is 0 Å². The van der Waals surface area contributed by atoms with Gasteiger partial charge in [0.05, 0.1) is 0 Å². The Hall–Kier alpha value is -1.46. The van der Waals surface area contributed by atoms with Gasteiger partial charge in [0.15, 0.2) is 5.58 Å². The lowest BCUT2D eigenvalue weighted by atomic mass is 10.2. The molecule has 0 saturated heterocycles. The number of nitrogens with zero attached hydrogens (tertiary/aromatic N) is 1. The van der Waals surface area contributed by atoms with Crippen LogP contribution in [-0.4, -0.2) is 16.6 Å². The van der Waals surface area contributed by atoms with E-state index >= 15 is 0 Å². The Balaban J connectivity index is 2.38. The molecule has 0 radical (unpaired) electrons. The first-order chi connectivity index (χ1) is 7.20. The van der Waals surface area contributed by atoms with E-state index in [9.17, 15) is 9.50 Å². The molecule has 2 rings (SSSR count). The maximum atomic E-state index is 12.8. The van der Waals surface area contributed by atoms with Crippen molar-refractivity contribution in [2.24, 2.45) is 5.73 Å². The molecule has 1 aromatic carbocycles.